The van der Waals surface area contributed by atoms with Crippen LogP contribution in [0.4, 0.5) is 4.79 Å². The standard InChI is InChI=1S/C14H26N2O4/c1-4-8-14(3,12(17)18)15-13(19)16(5-2)10-11-7-6-9-20-11/h11H,4-10H2,1-3H3,(H,15,19)(H,17,18). The molecule has 0 aromatic rings. The van der Waals surface area contributed by atoms with Gasteiger partial charge in [-0.1, -0.05) is 13.3 Å². The van der Waals surface area contributed by atoms with Crippen LogP contribution in [-0.4, -0.2) is 53.3 Å². The average Bonchev–Trinajstić information content (AvgIpc) is 2.88. The molecule has 2 unspecified atom stereocenters. The fourth-order valence-electron chi connectivity index (χ4n) is 2.43. The summed E-state index contributed by atoms with van der Waals surface area (Å²) in [5.74, 6) is -0.999. The number of ether oxygens (including phenoxy) is 1. The second kappa shape index (κ2) is 7.47. The number of carboxylic acid groups (broad SMARTS) is 1. The van der Waals surface area contributed by atoms with Crippen molar-refractivity contribution in [2.45, 2.75) is 58.1 Å². The molecule has 20 heavy (non-hydrogen) atoms. The number of aliphatic carboxylic acids is 1. The normalized spacial score (nSPS) is 21.2. The first-order chi connectivity index (χ1) is 9.42. The SMILES string of the molecule is CCCC(C)(NC(=O)N(CC)CC1CCCO1)C(=O)O. The monoisotopic (exact) mass is 286 g/mol. The van der Waals surface area contributed by atoms with Crippen molar-refractivity contribution in [3.8, 4) is 0 Å². The van der Waals surface area contributed by atoms with Gasteiger partial charge in [-0.2, -0.15) is 0 Å². The van der Waals surface area contributed by atoms with Crippen molar-refractivity contribution in [1.29, 1.82) is 0 Å². The molecule has 0 saturated carbocycles. The Morgan fingerprint density at radius 1 is 1.45 bits per heavy atom. The van der Waals surface area contributed by atoms with Gasteiger partial charge in [0.15, 0.2) is 0 Å². The van der Waals surface area contributed by atoms with Gasteiger partial charge in [-0.25, -0.2) is 9.59 Å². The summed E-state index contributed by atoms with van der Waals surface area (Å²) < 4.78 is 5.52. The molecule has 1 heterocycles. The molecule has 0 aromatic heterocycles. The highest BCUT2D eigenvalue weighted by Gasteiger charge is 2.35. The fraction of sp³-hybridized carbons (Fsp3) is 0.857. The van der Waals surface area contributed by atoms with Gasteiger partial charge in [0.1, 0.15) is 5.54 Å². The van der Waals surface area contributed by atoms with E-state index in [0.29, 0.717) is 25.9 Å². The third kappa shape index (κ3) is 4.37. The fourth-order valence-corrected chi connectivity index (χ4v) is 2.43. The van der Waals surface area contributed by atoms with Crippen LogP contribution in [0.25, 0.3) is 0 Å². The maximum Gasteiger partial charge on any atom is 0.329 e. The Bertz CT molecular complexity index is 342. The lowest BCUT2D eigenvalue weighted by Gasteiger charge is -2.31. The highest BCUT2D eigenvalue weighted by Crippen LogP contribution is 2.16. The first-order valence-corrected chi connectivity index (χ1v) is 7.35. The van der Waals surface area contributed by atoms with E-state index < -0.39 is 11.5 Å². The van der Waals surface area contributed by atoms with Crippen LogP contribution in [0, 0.1) is 0 Å². The van der Waals surface area contributed by atoms with Crippen LogP contribution >= 0.6 is 0 Å². The molecule has 1 saturated heterocycles. The van der Waals surface area contributed by atoms with Crippen LogP contribution in [0.3, 0.4) is 0 Å². The topological polar surface area (TPSA) is 78.9 Å². The van der Waals surface area contributed by atoms with Gasteiger partial charge in [-0.15, -0.1) is 0 Å². The van der Waals surface area contributed by atoms with Gasteiger partial charge in [-0.3, -0.25) is 0 Å². The van der Waals surface area contributed by atoms with Crippen molar-refractivity contribution in [3.05, 3.63) is 0 Å². The maximum atomic E-state index is 12.3. The van der Waals surface area contributed by atoms with E-state index >= 15 is 0 Å². The number of hydrogen-bond donors (Lipinski definition) is 2. The van der Waals surface area contributed by atoms with Crippen molar-refractivity contribution < 1.29 is 19.4 Å². The lowest BCUT2D eigenvalue weighted by molar-refractivity contribution is -0.144. The van der Waals surface area contributed by atoms with Gasteiger partial charge >= 0.3 is 12.0 Å². The summed E-state index contributed by atoms with van der Waals surface area (Å²) in [5.41, 5.74) is -1.21. The van der Waals surface area contributed by atoms with E-state index in [4.69, 9.17) is 4.74 Å². The van der Waals surface area contributed by atoms with Crippen LogP contribution in [0.2, 0.25) is 0 Å². The van der Waals surface area contributed by atoms with Crippen molar-refractivity contribution >= 4 is 12.0 Å². The molecule has 2 N–H and O–H groups in total. The minimum atomic E-state index is -1.21. The van der Waals surface area contributed by atoms with Crippen LogP contribution in [0.15, 0.2) is 0 Å². The molecule has 2 atom stereocenters. The predicted molar refractivity (Wildman–Crippen MR) is 75.7 cm³/mol. The van der Waals surface area contributed by atoms with Crippen molar-refractivity contribution in [1.82, 2.24) is 10.2 Å². The predicted octanol–water partition coefficient (Wildman–Crippen LogP) is 1.84. The van der Waals surface area contributed by atoms with Crippen LogP contribution in [-0.2, 0) is 9.53 Å². The second-order valence-electron chi connectivity index (χ2n) is 5.49. The number of rotatable bonds is 7. The third-order valence-electron chi connectivity index (χ3n) is 3.72. The van der Waals surface area contributed by atoms with Gasteiger partial charge in [0.2, 0.25) is 0 Å². The Kier molecular flexibility index (Phi) is 6.26. The molecular formula is C14H26N2O4. The number of nitrogens with zero attached hydrogens (tertiary/aromatic N) is 1. The number of carbonyl (C=O) groups is 2. The number of hydrogen-bond acceptors (Lipinski definition) is 3. The van der Waals surface area contributed by atoms with Crippen LogP contribution < -0.4 is 5.32 Å². The minimum Gasteiger partial charge on any atom is -0.480 e. The summed E-state index contributed by atoms with van der Waals surface area (Å²) in [4.78, 5) is 25.2. The minimum absolute atomic E-state index is 0.0722. The van der Waals surface area contributed by atoms with E-state index in [1.54, 1.807) is 11.8 Å². The Morgan fingerprint density at radius 3 is 2.60 bits per heavy atom. The highest BCUT2D eigenvalue weighted by molar-refractivity contribution is 5.85. The molecule has 6 nitrogen and oxygen atoms in total. The molecule has 0 spiro atoms. The molecule has 2 amide bonds. The van der Waals surface area contributed by atoms with Gasteiger partial charge < -0.3 is 20.1 Å². The molecule has 1 rings (SSSR count). The average molecular weight is 286 g/mol. The number of amides is 2. The van der Waals surface area contributed by atoms with Gasteiger partial charge in [0, 0.05) is 19.7 Å². The summed E-state index contributed by atoms with van der Waals surface area (Å²) >= 11 is 0. The quantitative estimate of drug-likeness (QED) is 0.748. The Morgan fingerprint density at radius 2 is 2.15 bits per heavy atom. The zero-order valence-electron chi connectivity index (χ0n) is 12.6. The lowest BCUT2D eigenvalue weighted by Crippen LogP contribution is -2.56. The Labute approximate surface area is 120 Å². The molecule has 0 radical (unpaired) electrons. The van der Waals surface area contributed by atoms with Crippen molar-refractivity contribution in [2.24, 2.45) is 0 Å². The van der Waals surface area contributed by atoms with Crippen LogP contribution in [0.1, 0.15) is 46.5 Å². The molecule has 6 heteroatoms. The zero-order chi connectivity index (χ0) is 15.2. The lowest BCUT2D eigenvalue weighted by atomic mass is 9.96. The molecule has 0 aromatic carbocycles. The van der Waals surface area contributed by atoms with E-state index in [1.165, 1.54) is 0 Å². The first kappa shape index (κ1) is 16.8. The zero-order valence-corrected chi connectivity index (χ0v) is 12.6. The van der Waals surface area contributed by atoms with Crippen LogP contribution in [0.5, 0.6) is 0 Å². The number of carbonyl (C=O) groups excluding carboxylic acids is 1. The first-order valence-electron chi connectivity index (χ1n) is 7.35. The van der Waals surface area contributed by atoms with Crippen molar-refractivity contribution in [3.63, 3.8) is 0 Å². The number of carboxylic acids is 1. The highest BCUT2D eigenvalue weighted by atomic mass is 16.5. The van der Waals surface area contributed by atoms with Crippen molar-refractivity contribution in [2.75, 3.05) is 19.7 Å². The molecule has 0 aliphatic carbocycles. The smallest absolute Gasteiger partial charge is 0.329 e. The third-order valence-corrected chi connectivity index (χ3v) is 3.72. The van der Waals surface area contributed by atoms with E-state index in [0.717, 1.165) is 19.4 Å². The Balaban J connectivity index is 2.62. The van der Waals surface area contributed by atoms with E-state index in [9.17, 15) is 14.7 Å². The number of nitrogens with one attached hydrogen (secondary N) is 1. The Hall–Kier alpha value is -1.30. The summed E-state index contributed by atoms with van der Waals surface area (Å²) in [7, 11) is 0. The maximum absolute atomic E-state index is 12.3. The largest absolute Gasteiger partial charge is 0.480 e. The number of urea groups is 1. The van der Waals surface area contributed by atoms with Gasteiger partial charge in [0.25, 0.3) is 0 Å². The van der Waals surface area contributed by atoms with E-state index in [-0.39, 0.29) is 12.1 Å². The summed E-state index contributed by atoms with van der Waals surface area (Å²) in [5, 5.41) is 11.9. The summed E-state index contributed by atoms with van der Waals surface area (Å²) in [6.07, 6.45) is 3.15. The molecule has 1 aliphatic heterocycles. The van der Waals surface area contributed by atoms with E-state index in [2.05, 4.69) is 5.32 Å². The van der Waals surface area contributed by atoms with Gasteiger partial charge in [0.05, 0.1) is 6.10 Å². The van der Waals surface area contributed by atoms with E-state index in [1.807, 2.05) is 13.8 Å². The number of likely N-dealkylation sites (N-methyl/N-ethyl adjacent to an activating group) is 1. The molecular weight excluding hydrogens is 260 g/mol. The molecule has 116 valence electrons. The molecule has 1 aliphatic rings. The molecule has 0 bridgehead atoms. The summed E-state index contributed by atoms with van der Waals surface area (Å²) in [6.45, 7) is 7.13. The summed E-state index contributed by atoms with van der Waals surface area (Å²) in [6, 6.07) is -0.332. The molecule has 1 fully saturated rings. The van der Waals surface area contributed by atoms with Gasteiger partial charge in [-0.05, 0) is 33.1 Å². The second-order valence-corrected chi connectivity index (χ2v) is 5.49.